The van der Waals surface area contributed by atoms with E-state index >= 15 is 0 Å². The maximum absolute atomic E-state index is 13.8. The number of rotatable bonds is 0. The quantitative estimate of drug-likeness (QED) is 0.228. The van der Waals surface area contributed by atoms with Gasteiger partial charge in [-0.25, -0.2) is 0 Å². The molecule has 18 heteroatoms. The first-order valence-electron chi connectivity index (χ1n) is 9.15. The van der Waals surface area contributed by atoms with Crippen LogP contribution in [0.15, 0.2) is 36.4 Å². The maximum Gasteiger partial charge on any atom is 0.924 e. The number of benzene rings is 1. The molecule has 0 fully saturated rings. The molecule has 0 atom stereocenters. The molecule has 0 aliphatic carbocycles. The Morgan fingerprint density at radius 1 is 0.559 bits per heavy atom. The van der Waals surface area contributed by atoms with E-state index in [0.717, 1.165) is 12.1 Å². The van der Waals surface area contributed by atoms with Gasteiger partial charge < -0.3 is 0 Å². The van der Waals surface area contributed by atoms with E-state index in [9.17, 15) is 52.7 Å². The van der Waals surface area contributed by atoms with Crippen LogP contribution in [0, 0.1) is 0 Å². The summed E-state index contributed by atoms with van der Waals surface area (Å²) in [5.41, 5.74) is -8.48. The predicted molar refractivity (Wildman–Crippen MR) is 88.1 cm³/mol. The van der Waals surface area contributed by atoms with E-state index in [1.54, 1.807) is 0 Å². The summed E-state index contributed by atoms with van der Waals surface area (Å²) in [6.45, 7) is -4.69. The predicted octanol–water partition coefficient (Wildman–Crippen LogP) is 2.15. The average molecular weight is 504 g/mol. The second kappa shape index (κ2) is 6.33. The van der Waals surface area contributed by atoms with Gasteiger partial charge in [-0.1, -0.05) is 24.3 Å². The lowest BCUT2D eigenvalue weighted by atomic mass is 9.50. The molecule has 178 valence electrons. The first-order valence-corrected chi connectivity index (χ1v) is 9.15. The van der Waals surface area contributed by atoms with Gasteiger partial charge in [0.05, 0.1) is 5.46 Å². The van der Waals surface area contributed by atoms with Crippen LogP contribution in [-0.2, 0) is 24.7 Å². The summed E-state index contributed by atoms with van der Waals surface area (Å²) in [6.07, 6.45) is -21.9. The van der Waals surface area contributed by atoms with Gasteiger partial charge in [-0.05, 0) is 5.46 Å². The van der Waals surface area contributed by atoms with Crippen molar-refractivity contribution in [2.24, 2.45) is 0 Å². The van der Waals surface area contributed by atoms with Crippen LogP contribution in [0.2, 0.25) is 0 Å². The number of halogens is 12. The molecule has 4 nitrogen and oxygen atoms in total. The molecular formula is C16H6B2F12N4+2. The zero-order chi connectivity index (χ0) is 25.2. The summed E-state index contributed by atoms with van der Waals surface area (Å²) in [7, 11) is 0. The summed E-state index contributed by atoms with van der Waals surface area (Å²) in [5, 5.41) is 0. The molecule has 3 aliphatic rings. The van der Waals surface area contributed by atoms with Crippen molar-refractivity contribution in [2.45, 2.75) is 24.7 Å². The highest BCUT2D eigenvalue weighted by atomic mass is 19.4. The lowest BCUT2D eigenvalue weighted by Crippen LogP contribution is -2.96. The van der Waals surface area contributed by atoms with Crippen molar-refractivity contribution in [3.8, 4) is 0 Å². The van der Waals surface area contributed by atoms with Gasteiger partial charge in [-0.2, -0.15) is 61.9 Å². The van der Waals surface area contributed by atoms with Crippen molar-refractivity contribution in [2.75, 3.05) is 0 Å². The standard InChI is InChI=1S/C16H6B2F12N4/c19-13(20,21)9-5-11(15(25,26)27)33-18-8-4-2-1-3-7(8)17(31(9)33)32-10(14(22,23)24)6-12(34(18)32)16(28,29)30/h1-6H/q+2. The Labute approximate surface area is 180 Å². The first kappa shape index (κ1) is 22.7. The number of aromatic nitrogens is 4. The fraction of sp³-hybridized carbons (Fsp3) is 0.250. The molecule has 6 rings (SSSR count). The zero-order valence-electron chi connectivity index (χ0n) is 15.9. The van der Waals surface area contributed by atoms with Gasteiger partial charge in [0.2, 0.25) is 0 Å². The smallest absolute Gasteiger partial charge is 0.177 e. The number of hydrogen-bond donors (Lipinski definition) is 0. The van der Waals surface area contributed by atoms with E-state index in [0.29, 0.717) is 0 Å². The Morgan fingerprint density at radius 2 is 0.941 bits per heavy atom. The molecule has 5 heterocycles. The highest BCUT2D eigenvalue weighted by Crippen LogP contribution is 2.39. The third-order valence-electron chi connectivity index (χ3n) is 5.64. The molecule has 2 aromatic heterocycles. The highest BCUT2D eigenvalue weighted by Gasteiger charge is 2.75. The van der Waals surface area contributed by atoms with Crippen LogP contribution < -0.4 is 20.1 Å². The molecule has 3 aliphatic heterocycles. The number of hydrogen-bond acceptors (Lipinski definition) is 0. The SMILES string of the molecule is FC(F)(F)c1cc(C(F)(F)F)[n+]2n1B1c3ccccc3B2[n+]2c(C(F)(F)F)cc(C(F)(F)F)n21. The summed E-state index contributed by atoms with van der Waals surface area (Å²) >= 11 is 0. The summed E-state index contributed by atoms with van der Waals surface area (Å²) in [4.78, 5) is 0. The Morgan fingerprint density at radius 3 is 1.29 bits per heavy atom. The zero-order valence-corrected chi connectivity index (χ0v) is 15.9. The molecular weight excluding hydrogens is 498 g/mol. The van der Waals surface area contributed by atoms with Gasteiger partial charge in [0, 0.05) is 12.1 Å². The van der Waals surface area contributed by atoms with E-state index in [1.165, 1.54) is 12.1 Å². The topological polar surface area (TPSA) is 17.6 Å². The molecule has 0 saturated carbocycles. The molecule has 1 aromatic carbocycles. The Bertz CT molecular complexity index is 1150. The molecule has 34 heavy (non-hydrogen) atoms. The van der Waals surface area contributed by atoms with E-state index in [-0.39, 0.29) is 41.4 Å². The molecule has 0 spiro atoms. The molecule has 3 aromatic rings. The van der Waals surface area contributed by atoms with E-state index in [1.807, 2.05) is 0 Å². The van der Waals surface area contributed by atoms with Crippen LogP contribution >= 0.6 is 0 Å². The highest BCUT2D eigenvalue weighted by molar-refractivity contribution is 6.80. The van der Waals surface area contributed by atoms with Gasteiger partial charge in [0.25, 0.3) is 11.4 Å². The van der Waals surface area contributed by atoms with Crippen molar-refractivity contribution in [1.82, 2.24) is 9.19 Å². The molecule has 2 bridgehead atoms. The molecule has 0 amide bonds. The average Bonchev–Trinajstić information content (AvgIpc) is 3.27. The largest absolute Gasteiger partial charge is 0.924 e. The van der Waals surface area contributed by atoms with Crippen LogP contribution in [0.1, 0.15) is 22.8 Å². The van der Waals surface area contributed by atoms with Crippen molar-refractivity contribution >= 4 is 24.9 Å². The fourth-order valence-electron chi connectivity index (χ4n) is 4.55. The maximum atomic E-state index is 13.8. The van der Waals surface area contributed by atoms with Crippen LogP contribution in [0.5, 0.6) is 0 Å². The minimum Gasteiger partial charge on any atom is -0.177 e. The van der Waals surface area contributed by atoms with Gasteiger partial charge in [0.1, 0.15) is 0 Å². The number of alkyl halides is 12. The van der Waals surface area contributed by atoms with Gasteiger partial charge in [-0.3, -0.25) is 0 Å². The van der Waals surface area contributed by atoms with Crippen LogP contribution in [-0.4, -0.2) is 23.2 Å². The lowest BCUT2D eigenvalue weighted by molar-refractivity contribution is -0.771. The van der Waals surface area contributed by atoms with Crippen molar-refractivity contribution in [1.29, 1.82) is 0 Å². The van der Waals surface area contributed by atoms with Gasteiger partial charge in [0.15, 0.2) is 11.4 Å². The molecule has 0 saturated heterocycles. The fourth-order valence-corrected chi connectivity index (χ4v) is 4.55. The van der Waals surface area contributed by atoms with E-state index < -0.39 is 61.4 Å². The van der Waals surface area contributed by atoms with Gasteiger partial charge >= 0.3 is 38.7 Å². The Balaban J connectivity index is 1.99. The number of nitrogens with zero attached hydrogens (tertiary/aromatic N) is 4. The normalized spacial score (nSPS) is 15.5. The second-order valence-electron chi connectivity index (χ2n) is 7.58. The van der Waals surface area contributed by atoms with Crippen LogP contribution in [0.25, 0.3) is 0 Å². The second-order valence-corrected chi connectivity index (χ2v) is 7.58. The van der Waals surface area contributed by atoms with E-state index in [2.05, 4.69) is 0 Å². The van der Waals surface area contributed by atoms with Crippen molar-refractivity contribution in [3.05, 3.63) is 59.2 Å². The summed E-state index contributed by atoms with van der Waals surface area (Å²) in [6, 6.07) is 3.88. The molecule has 0 unspecified atom stereocenters. The monoisotopic (exact) mass is 504 g/mol. The van der Waals surface area contributed by atoms with E-state index in [4.69, 9.17) is 0 Å². The third kappa shape index (κ3) is 2.92. The van der Waals surface area contributed by atoms with Crippen LogP contribution in [0.4, 0.5) is 52.7 Å². The van der Waals surface area contributed by atoms with Crippen molar-refractivity contribution in [3.63, 3.8) is 0 Å². The van der Waals surface area contributed by atoms with Gasteiger partial charge in [-0.15, -0.1) is 9.19 Å². The van der Waals surface area contributed by atoms with Crippen molar-refractivity contribution < 1.29 is 61.9 Å². The van der Waals surface area contributed by atoms with Crippen LogP contribution in [0.3, 0.4) is 0 Å². The summed E-state index contributed by atoms with van der Waals surface area (Å²) < 4.78 is 165. The minimum atomic E-state index is -5.47. The lowest BCUT2D eigenvalue weighted by Gasteiger charge is -2.29. The Hall–Kier alpha value is -3.07. The molecule has 0 N–H and O–H groups in total. The first-order chi connectivity index (χ1) is 15.4. The Kier molecular flexibility index (Phi) is 4.22. The minimum absolute atomic E-state index is 0.0782. The summed E-state index contributed by atoms with van der Waals surface area (Å²) in [5.74, 6) is 0. The molecule has 0 radical (unpaired) electrons. The third-order valence-corrected chi connectivity index (χ3v) is 5.64.